The summed E-state index contributed by atoms with van der Waals surface area (Å²) in [5.41, 5.74) is 0.958. The first-order chi connectivity index (χ1) is 7.70. The summed E-state index contributed by atoms with van der Waals surface area (Å²) in [5, 5.41) is 9.98. The average molecular weight is 398 g/mol. The number of aryl methyl sites for hydroxylation is 1. The van der Waals surface area contributed by atoms with Crippen molar-refractivity contribution in [1.82, 2.24) is 4.98 Å². The zero-order valence-electron chi connectivity index (χ0n) is 9.16. The molecule has 0 unspecified atom stereocenters. The van der Waals surface area contributed by atoms with Gasteiger partial charge in [-0.15, -0.1) is 6.07 Å². The van der Waals surface area contributed by atoms with Gasteiger partial charge >= 0.3 is 21.1 Å². The molecule has 86 valence electrons. The van der Waals surface area contributed by atoms with Crippen molar-refractivity contribution < 1.29 is 26.0 Å². The van der Waals surface area contributed by atoms with Gasteiger partial charge in [-0.3, -0.25) is 10.1 Å². The quantitative estimate of drug-likeness (QED) is 0.422. The summed E-state index contributed by atoms with van der Waals surface area (Å²) in [7, 11) is 0. The van der Waals surface area contributed by atoms with Crippen LogP contribution in [0.2, 0.25) is 0 Å². The van der Waals surface area contributed by atoms with Crippen LogP contribution in [0.3, 0.4) is 0 Å². The minimum Gasteiger partial charge on any atom is -0.301 e. The second-order valence-corrected chi connectivity index (χ2v) is 2.87. The van der Waals surface area contributed by atoms with Gasteiger partial charge in [-0.05, 0) is 6.92 Å². The third-order valence-electron chi connectivity index (χ3n) is 1.63. The molecule has 0 atom stereocenters. The minimum absolute atomic E-state index is 0. The number of rotatable bonds is 1. The van der Waals surface area contributed by atoms with Crippen LogP contribution in [0.5, 0.6) is 0 Å². The predicted octanol–water partition coefficient (Wildman–Crippen LogP) is 2.58. The zero-order chi connectivity index (χ0) is 11.8. The van der Waals surface area contributed by atoms with Crippen LogP contribution in [-0.4, -0.2) is 9.91 Å². The minimum atomic E-state index is -0.472. The Labute approximate surface area is 114 Å². The van der Waals surface area contributed by atoms with E-state index in [9.17, 15) is 10.1 Å². The molecule has 0 N–H and O–H groups in total. The van der Waals surface area contributed by atoms with E-state index in [4.69, 9.17) is 0 Å². The summed E-state index contributed by atoms with van der Waals surface area (Å²) >= 11 is 0. The maximum absolute atomic E-state index is 9.98. The van der Waals surface area contributed by atoms with E-state index < -0.39 is 4.92 Å². The molecule has 0 saturated heterocycles. The first-order valence-electron chi connectivity index (χ1n) is 4.60. The van der Waals surface area contributed by atoms with Gasteiger partial charge < -0.3 is 4.98 Å². The van der Waals surface area contributed by atoms with Gasteiger partial charge in [0, 0.05) is 4.92 Å². The van der Waals surface area contributed by atoms with Crippen molar-refractivity contribution in [3.63, 3.8) is 0 Å². The van der Waals surface area contributed by atoms with E-state index in [1.54, 1.807) is 18.3 Å². The van der Waals surface area contributed by atoms with Crippen LogP contribution in [0.15, 0.2) is 42.6 Å². The molecule has 0 bridgehead atoms. The second-order valence-electron chi connectivity index (χ2n) is 2.87. The molecule has 0 aliphatic rings. The largest absolute Gasteiger partial charge is 2.00 e. The Morgan fingerprint density at radius 1 is 1.24 bits per heavy atom. The van der Waals surface area contributed by atoms with Crippen LogP contribution in [0.4, 0.5) is 5.69 Å². The third kappa shape index (κ3) is 6.59. The topological polar surface area (TPSA) is 56.0 Å². The maximum Gasteiger partial charge on any atom is 2.00 e. The third-order valence-corrected chi connectivity index (χ3v) is 1.63. The molecule has 4 nitrogen and oxygen atoms in total. The van der Waals surface area contributed by atoms with Crippen LogP contribution in [-0.2, 0) is 21.1 Å². The smallest absolute Gasteiger partial charge is 0.301 e. The molecule has 0 saturated carbocycles. The summed E-state index contributed by atoms with van der Waals surface area (Å²) in [4.78, 5) is 13.4. The first-order valence-corrected chi connectivity index (χ1v) is 4.60. The number of benzene rings is 1. The second kappa shape index (κ2) is 8.59. The summed E-state index contributed by atoms with van der Waals surface area (Å²) in [6.45, 7) is 1.92. The Balaban J connectivity index is 0.000000292. The van der Waals surface area contributed by atoms with Crippen molar-refractivity contribution >= 4 is 5.69 Å². The van der Waals surface area contributed by atoms with Gasteiger partial charge in [0.1, 0.15) is 0 Å². The molecule has 0 aliphatic heterocycles. The molecule has 1 heterocycles. The van der Waals surface area contributed by atoms with Crippen LogP contribution in [0.25, 0.3) is 0 Å². The number of nitrogens with zero attached hydrogens (tertiary/aromatic N) is 2. The van der Waals surface area contributed by atoms with Crippen molar-refractivity contribution in [3.8, 4) is 0 Å². The Hall–Kier alpha value is -1.54. The van der Waals surface area contributed by atoms with Crippen molar-refractivity contribution in [3.05, 3.63) is 70.5 Å². The standard InChI is InChI=1S/C6H4NO2.C6H6N.W/c8-7(9)6-4-2-1-3-5-6;1-6-4-2-3-5-7-6;/h1-4H;2-3,5H,1H3;/q2*-1;+2. The SMILES string of the molecule is Cc1[c-]cccn1.O=[N+]([O-])c1[c-]cccc1.[W+2]. The number of para-hydroxylation sites is 1. The molecule has 0 radical (unpaired) electrons. The molecule has 1 aromatic heterocycles. The van der Waals surface area contributed by atoms with Crippen molar-refractivity contribution in [2.24, 2.45) is 0 Å². The van der Waals surface area contributed by atoms with E-state index in [0.717, 1.165) is 5.69 Å². The van der Waals surface area contributed by atoms with Gasteiger partial charge in [0.15, 0.2) is 5.69 Å². The molecule has 2 aromatic rings. The number of hydrogen-bond donors (Lipinski definition) is 0. The predicted molar refractivity (Wildman–Crippen MR) is 59.7 cm³/mol. The van der Waals surface area contributed by atoms with Gasteiger partial charge in [-0.1, -0.05) is 18.0 Å². The summed E-state index contributed by atoms with van der Waals surface area (Å²) < 4.78 is 0. The van der Waals surface area contributed by atoms with Crippen LogP contribution < -0.4 is 0 Å². The molecule has 17 heavy (non-hydrogen) atoms. The Kier molecular flexibility index (Phi) is 7.81. The van der Waals surface area contributed by atoms with E-state index in [1.807, 2.05) is 19.1 Å². The fourth-order valence-corrected chi connectivity index (χ4v) is 0.901. The molecular weight excluding hydrogens is 388 g/mol. The molecule has 0 amide bonds. The van der Waals surface area contributed by atoms with Gasteiger partial charge in [0.2, 0.25) is 0 Å². The van der Waals surface area contributed by atoms with Crippen LogP contribution in [0, 0.1) is 29.2 Å². The number of nitro benzene ring substituents is 1. The van der Waals surface area contributed by atoms with Crippen LogP contribution >= 0.6 is 0 Å². The summed E-state index contributed by atoms with van der Waals surface area (Å²) in [6.07, 6.45) is 1.76. The van der Waals surface area contributed by atoms with E-state index >= 15 is 0 Å². The molecule has 0 fully saturated rings. The van der Waals surface area contributed by atoms with Crippen LogP contribution in [0.1, 0.15) is 5.69 Å². The Morgan fingerprint density at radius 2 is 1.94 bits per heavy atom. The van der Waals surface area contributed by atoms with Crippen molar-refractivity contribution in [1.29, 1.82) is 0 Å². The summed E-state index contributed by atoms with van der Waals surface area (Å²) in [5.74, 6) is 0. The number of nitro groups is 1. The number of hydrogen-bond acceptors (Lipinski definition) is 3. The van der Waals surface area contributed by atoms with E-state index in [1.165, 1.54) is 12.1 Å². The molecule has 5 heteroatoms. The number of aromatic nitrogens is 1. The van der Waals surface area contributed by atoms with E-state index in [2.05, 4.69) is 17.1 Å². The average Bonchev–Trinajstić information content (AvgIpc) is 2.32. The normalized spacial score (nSPS) is 8.29. The summed E-state index contributed by atoms with van der Waals surface area (Å²) in [6, 6.07) is 15.3. The Morgan fingerprint density at radius 3 is 2.24 bits per heavy atom. The van der Waals surface area contributed by atoms with Crippen molar-refractivity contribution in [2.45, 2.75) is 6.92 Å². The first kappa shape index (κ1) is 15.5. The fraction of sp³-hybridized carbons (Fsp3) is 0.0833. The fourth-order valence-electron chi connectivity index (χ4n) is 0.901. The molecular formula is C12H10N2O2W. The monoisotopic (exact) mass is 398 g/mol. The molecule has 2 rings (SSSR count). The van der Waals surface area contributed by atoms with Gasteiger partial charge in [-0.2, -0.15) is 24.3 Å². The van der Waals surface area contributed by atoms with Gasteiger partial charge in [0.05, 0.1) is 0 Å². The molecule has 1 aromatic carbocycles. The van der Waals surface area contributed by atoms with Crippen molar-refractivity contribution in [2.75, 3.05) is 0 Å². The maximum atomic E-state index is 9.98. The van der Waals surface area contributed by atoms with E-state index in [-0.39, 0.29) is 26.8 Å². The molecule has 0 spiro atoms. The van der Waals surface area contributed by atoms with Gasteiger partial charge in [0.25, 0.3) is 0 Å². The van der Waals surface area contributed by atoms with Gasteiger partial charge in [-0.25, -0.2) is 12.1 Å². The zero-order valence-corrected chi connectivity index (χ0v) is 12.1. The van der Waals surface area contributed by atoms with E-state index in [0.29, 0.717) is 0 Å². The number of pyridine rings is 1. The molecule has 0 aliphatic carbocycles. The Bertz CT molecular complexity index is 435. The number of non-ortho nitro benzene ring substituents is 1.